The highest BCUT2D eigenvalue weighted by Crippen LogP contribution is 2.62. The highest BCUT2D eigenvalue weighted by atomic mass is 28.3. The van der Waals surface area contributed by atoms with Gasteiger partial charge in [-0.2, -0.15) is 0 Å². The maximum Gasteiger partial charge on any atom is 0.268 e. The minimum atomic E-state index is -2.65. The van der Waals surface area contributed by atoms with E-state index < -0.39 is 25.7 Å². The molecule has 314 valence electrons. The minimum absolute atomic E-state index is 0.00404. The van der Waals surface area contributed by atoms with Gasteiger partial charge in [-0.15, -0.1) is 0 Å². The lowest BCUT2D eigenvalue weighted by atomic mass is 9.82. The van der Waals surface area contributed by atoms with Crippen molar-refractivity contribution in [3.63, 3.8) is 0 Å². The predicted octanol–water partition coefficient (Wildman–Crippen LogP) is 9.08. The Bertz CT molecular complexity index is 2640. The topological polar surface area (TPSA) is 109 Å². The number of nitrogens with zero attached hydrogens (tertiary/aromatic N) is 3. The minimum Gasteiger partial charge on any atom is -0.497 e. The van der Waals surface area contributed by atoms with Gasteiger partial charge in [-0.25, -0.2) is 0 Å². The van der Waals surface area contributed by atoms with Crippen molar-refractivity contribution in [3.8, 4) is 17.2 Å². The lowest BCUT2D eigenvalue weighted by Gasteiger charge is -2.37. The quantitative estimate of drug-likeness (QED) is 0.130. The molecule has 62 heavy (non-hydrogen) atoms. The Morgan fingerprint density at radius 2 is 1.44 bits per heavy atom. The van der Waals surface area contributed by atoms with E-state index in [1.165, 1.54) is 0 Å². The molecule has 0 bridgehead atoms. The summed E-state index contributed by atoms with van der Waals surface area (Å²) in [7, 11) is -1.01. The molecular weight excluding hydrogens is 795 g/mol. The van der Waals surface area contributed by atoms with Crippen LogP contribution in [0.3, 0.4) is 0 Å². The number of benzene rings is 6. The summed E-state index contributed by atoms with van der Waals surface area (Å²) in [6, 6.07) is 47.7. The van der Waals surface area contributed by atoms with E-state index in [0.29, 0.717) is 51.9 Å². The standard InChI is InChI=1S/C51H49N3O7Si/c1-34-48(62(3,4)39-26-24-38(59-2)25-27-39)46(32-47(56)52(29-30-55)33-35-15-7-5-8-16-35)61-51(34)41-31-37(23-28-42(41)54(50(51)58)36-17-9-6-10-18-36)53-43-20-12-14-22-45(43)60-44-21-13-11-19-40(44)49(53)57/h5-28,31,34,46,48,55H,29-30,32-33H2,1-4H3/t34-,46+,48-,51+/m1/s1. The van der Waals surface area contributed by atoms with Crippen molar-refractivity contribution in [2.24, 2.45) is 5.92 Å². The van der Waals surface area contributed by atoms with Gasteiger partial charge in [-0.1, -0.05) is 110 Å². The van der Waals surface area contributed by atoms with Crippen molar-refractivity contribution >= 4 is 53.7 Å². The molecule has 1 spiro atoms. The van der Waals surface area contributed by atoms with E-state index in [1.807, 2.05) is 127 Å². The lowest BCUT2D eigenvalue weighted by molar-refractivity contribution is -0.149. The van der Waals surface area contributed by atoms with Crippen LogP contribution < -0.4 is 24.5 Å². The summed E-state index contributed by atoms with van der Waals surface area (Å²) in [5.41, 5.74) is 2.60. The Morgan fingerprint density at radius 3 is 2.15 bits per heavy atom. The molecule has 1 saturated heterocycles. The number of anilines is 4. The number of methoxy groups -OCH3 is 1. The van der Waals surface area contributed by atoms with Gasteiger partial charge in [0.2, 0.25) is 5.91 Å². The van der Waals surface area contributed by atoms with E-state index in [0.717, 1.165) is 16.5 Å². The van der Waals surface area contributed by atoms with E-state index in [9.17, 15) is 14.7 Å². The number of amides is 3. The van der Waals surface area contributed by atoms with Crippen molar-refractivity contribution in [1.29, 1.82) is 0 Å². The van der Waals surface area contributed by atoms with E-state index >= 15 is 4.79 Å². The van der Waals surface area contributed by atoms with E-state index in [4.69, 9.17) is 14.2 Å². The van der Waals surface area contributed by atoms with Crippen LogP contribution >= 0.6 is 0 Å². The first-order valence-electron chi connectivity index (χ1n) is 21.1. The van der Waals surface area contributed by atoms with E-state index in [1.54, 1.807) is 33.9 Å². The van der Waals surface area contributed by atoms with Gasteiger partial charge in [0, 0.05) is 35.9 Å². The fourth-order valence-electron chi connectivity index (χ4n) is 9.98. The average Bonchev–Trinajstić information content (AvgIpc) is 3.68. The van der Waals surface area contributed by atoms with Gasteiger partial charge in [0.15, 0.2) is 11.4 Å². The molecular formula is C51H49N3O7Si. The van der Waals surface area contributed by atoms with Crippen LogP contribution in [0.5, 0.6) is 17.2 Å². The van der Waals surface area contributed by atoms with Gasteiger partial charge in [0.05, 0.1) is 51.3 Å². The number of aliphatic hydroxyl groups is 1. The van der Waals surface area contributed by atoms with Crippen LogP contribution in [-0.2, 0) is 26.5 Å². The van der Waals surface area contributed by atoms with Crippen molar-refractivity contribution in [1.82, 2.24) is 4.90 Å². The smallest absolute Gasteiger partial charge is 0.268 e. The monoisotopic (exact) mass is 843 g/mol. The third-order valence-electron chi connectivity index (χ3n) is 13.0. The van der Waals surface area contributed by atoms with Crippen LogP contribution in [-0.4, -0.2) is 62.2 Å². The third-order valence-corrected chi connectivity index (χ3v) is 17.3. The van der Waals surface area contributed by atoms with Gasteiger partial charge >= 0.3 is 0 Å². The van der Waals surface area contributed by atoms with Crippen LogP contribution in [0.1, 0.15) is 34.8 Å². The molecule has 0 unspecified atom stereocenters. The molecule has 10 nitrogen and oxygen atoms in total. The summed E-state index contributed by atoms with van der Waals surface area (Å²) in [6.45, 7) is 6.91. The number of hydrogen-bond acceptors (Lipinski definition) is 7. The molecule has 1 fully saturated rings. The summed E-state index contributed by atoms with van der Waals surface area (Å²) in [6.07, 6.45) is -0.689. The molecule has 11 heteroatoms. The molecule has 6 aromatic carbocycles. The fourth-order valence-corrected chi connectivity index (χ4v) is 14.0. The van der Waals surface area contributed by atoms with Crippen molar-refractivity contribution in [2.45, 2.75) is 50.2 Å². The molecule has 6 aromatic rings. The Morgan fingerprint density at radius 1 is 0.774 bits per heavy atom. The first kappa shape index (κ1) is 40.9. The maximum absolute atomic E-state index is 15.7. The molecule has 0 saturated carbocycles. The molecule has 1 N–H and O–H groups in total. The van der Waals surface area contributed by atoms with Gasteiger partial charge < -0.3 is 24.2 Å². The summed E-state index contributed by atoms with van der Waals surface area (Å²) in [4.78, 5) is 50.1. The zero-order valence-corrected chi connectivity index (χ0v) is 36.2. The number of carbonyl (C=O) groups is 3. The van der Waals surface area contributed by atoms with E-state index in [2.05, 4.69) is 32.2 Å². The van der Waals surface area contributed by atoms with Crippen molar-refractivity contribution in [2.75, 3.05) is 30.1 Å². The number of hydrogen-bond donors (Lipinski definition) is 1. The molecule has 3 aliphatic rings. The number of ether oxygens (including phenoxy) is 3. The van der Waals surface area contributed by atoms with Crippen LogP contribution in [0, 0.1) is 5.92 Å². The van der Waals surface area contributed by atoms with Crippen LogP contribution in [0.2, 0.25) is 18.6 Å². The Labute approximate surface area is 362 Å². The number of aliphatic hydroxyl groups excluding tert-OH is 1. The summed E-state index contributed by atoms with van der Waals surface area (Å²) in [5, 5.41) is 11.3. The zero-order chi connectivity index (χ0) is 43.2. The molecule has 3 aliphatic heterocycles. The number of rotatable bonds is 11. The van der Waals surface area contributed by atoms with Crippen molar-refractivity contribution in [3.05, 3.63) is 168 Å². The molecule has 9 rings (SSSR count). The van der Waals surface area contributed by atoms with Gasteiger partial charge in [-0.05, 0) is 77.8 Å². The Kier molecular flexibility index (Phi) is 10.8. The van der Waals surface area contributed by atoms with Crippen molar-refractivity contribution < 1.29 is 33.7 Å². The largest absolute Gasteiger partial charge is 0.497 e. The molecule has 4 atom stereocenters. The lowest BCUT2D eigenvalue weighted by Crippen LogP contribution is -2.52. The average molecular weight is 844 g/mol. The second-order valence-electron chi connectivity index (χ2n) is 16.8. The van der Waals surface area contributed by atoms with Gasteiger partial charge in [0.25, 0.3) is 11.8 Å². The van der Waals surface area contributed by atoms with Gasteiger partial charge in [0.1, 0.15) is 11.5 Å². The third kappa shape index (κ3) is 6.86. The number of para-hydroxylation sites is 4. The number of fused-ring (bicyclic) bond motifs is 4. The second kappa shape index (κ2) is 16.4. The Hall–Kier alpha value is -6.53. The highest BCUT2D eigenvalue weighted by molar-refractivity contribution is 6.91. The normalized spacial score (nSPS) is 20.3. The van der Waals surface area contributed by atoms with E-state index in [-0.39, 0.29) is 42.8 Å². The summed E-state index contributed by atoms with van der Waals surface area (Å²) >= 11 is 0. The maximum atomic E-state index is 15.7. The highest BCUT2D eigenvalue weighted by Gasteiger charge is 2.67. The molecule has 0 radical (unpaired) electrons. The molecule has 3 amide bonds. The second-order valence-corrected chi connectivity index (χ2v) is 21.5. The summed E-state index contributed by atoms with van der Waals surface area (Å²) < 4.78 is 19.3. The number of carbonyl (C=O) groups excluding carboxylic acids is 3. The van der Waals surface area contributed by atoms with Gasteiger partial charge in [-0.3, -0.25) is 24.2 Å². The first-order chi connectivity index (χ1) is 30.1. The fraction of sp³-hybridized carbons (Fsp3) is 0.235. The molecule has 0 aliphatic carbocycles. The Balaban J connectivity index is 1.21. The molecule has 3 heterocycles. The molecule has 0 aromatic heterocycles. The van der Waals surface area contributed by atoms with Crippen LogP contribution in [0.25, 0.3) is 0 Å². The SMILES string of the molecule is COc1ccc([Si](C)(C)[C@H]2[C@H](CC(=O)N(CCO)Cc3ccccc3)O[C@@]3(C(=O)N(c4ccccc4)c4ccc(N5C(=O)c6ccccc6Oc6ccccc65)cc43)[C@@H]2C)cc1. The van der Waals surface area contributed by atoms with Crippen LogP contribution in [0.4, 0.5) is 22.7 Å². The first-order valence-corrected chi connectivity index (χ1v) is 24.1. The predicted molar refractivity (Wildman–Crippen MR) is 243 cm³/mol. The zero-order valence-electron chi connectivity index (χ0n) is 35.2. The summed E-state index contributed by atoms with van der Waals surface area (Å²) in [5.74, 6) is 0.564. The van der Waals surface area contributed by atoms with Crippen LogP contribution in [0.15, 0.2) is 152 Å².